The van der Waals surface area contributed by atoms with Crippen molar-refractivity contribution in [2.24, 2.45) is 0 Å². The van der Waals surface area contributed by atoms with Crippen molar-refractivity contribution in [2.45, 2.75) is 49.2 Å². The van der Waals surface area contributed by atoms with Crippen molar-refractivity contribution in [1.29, 1.82) is 0 Å². The van der Waals surface area contributed by atoms with Crippen molar-refractivity contribution >= 4 is 11.8 Å². The van der Waals surface area contributed by atoms with Crippen LogP contribution in [0.15, 0.2) is 131 Å². The quantitative estimate of drug-likeness (QED) is 0.198. The summed E-state index contributed by atoms with van der Waals surface area (Å²) in [6.45, 7) is 3.58. The number of hydrogen-bond donors (Lipinski definition) is 0. The van der Waals surface area contributed by atoms with Crippen LogP contribution in [-0.2, 0) is 11.8 Å². The van der Waals surface area contributed by atoms with E-state index in [9.17, 15) is 0 Å². The summed E-state index contributed by atoms with van der Waals surface area (Å²) in [5, 5.41) is 0. The Balaban J connectivity index is 1.37. The Hall–Kier alpha value is -4.33. The van der Waals surface area contributed by atoms with Crippen LogP contribution < -0.4 is 0 Å². The first-order valence-corrected chi connectivity index (χ1v) is 15.6. The summed E-state index contributed by atoms with van der Waals surface area (Å²) < 4.78 is 42.5. The SMILES string of the molecule is [2H]C([2H])([2H])c1cc2c(cc1-c1ccc3c(c1)-c1ccccc1-c1ccccc1-c1ccccc1-3)C(C)(C)c1ccc(C([2H])([2H])C)cc1S2. The summed E-state index contributed by atoms with van der Waals surface area (Å²) in [6, 6.07) is 41.8. The minimum absolute atomic E-state index is 0.319. The van der Waals surface area contributed by atoms with Crippen LogP contribution in [0.4, 0.5) is 0 Å². The van der Waals surface area contributed by atoms with E-state index in [2.05, 4.69) is 111 Å². The Morgan fingerprint density at radius 1 is 0.558 bits per heavy atom. The molecule has 0 fully saturated rings. The highest BCUT2D eigenvalue weighted by atomic mass is 32.2. The van der Waals surface area contributed by atoms with Crippen LogP contribution in [0.5, 0.6) is 0 Å². The van der Waals surface area contributed by atoms with E-state index < -0.39 is 18.6 Å². The van der Waals surface area contributed by atoms with Crippen molar-refractivity contribution < 1.29 is 6.85 Å². The van der Waals surface area contributed by atoms with Crippen LogP contribution in [-0.4, -0.2) is 0 Å². The molecule has 0 saturated heterocycles. The molecule has 43 heavy (non-hydrogen) atoms. The average Bonchev–Trinajstić information content (AvgIpc) is 3.06. The van der Waals surface area contributed by atoms with Gasteiger partial charge in [0.15, 0.2) is 0 Å². The lowest BCUT2D eigenvalue weighted by molar-refractivity contribution is 0.606. The van der Waals surface area contributed by atoms with Gasteiger partial charge in [0.1, 0.15) is 0 Å². The third-order valence-electron chi connectivity index (χ3n) is 9.23. The molecule has 0 aromatic heterocycles. The number of benzene rings is 6. The maximum Gasteiger partial charge on any atom is 0.0313 e. The maximum atomic E-state index is 8.66. The van der Waals surface area contributed by atoms with Crippen LogP contribution in [0.25, 0.3) is 55.6 Å². The fourth-order valence-electron chi connectivity index (χ4n) is 6.96. The van der Waals surface area contributed by atoms with E-state index in [1.54, 1.807) is 6.92 Å². The van der Waals surface area contributed by atoms with Gasteiger partial charge in [-0.1, -0.05) is 130 Å². The number of fused-ring (bicyclic) bond motifs is 10. The Morgan fingerprint density at radius 3 is 1.65 bits per heavy atom. The Morgan fingerprint density at radius 2 is 1.09 bits per heavy atom. The first-order chi connectivity index (χ1) is 22.8. The normalized spacial score (nSPS) is 16.1. The lowest BCUT2D eigenvalue weighted by Crippen LogP contribution is -2.24. The molecule has 1 aliphatic carbocycles. The Bertz CT molecular complexity index is 2270. The second-order valence-electron chi connectivity index (χ2n) is 12.0. The predicted molar refractivity (Wildman–Crippen MR) is 184 cm³/mol. The number of hydrogen-bond acceptors (Lipinski definition) is 1. The van der Waals surface area contributed by atoms with E-state index in [1.807, 2.05) is 24.3 Å². The molecule has 2 aliphatic rings. The van der Waals surface area contributed by atoms with Gasteiger partial charge in [-0.25, -0.2) is 0 Å². The minimum Gasteiger partial charge on any atom is -0.0894 e. The largest absolute Gasteiger partial charge is 0.0894 e. The monoisotopic (exact) mass is 575 g/mol. The van der Waals surface area contributed by atoms with Crippen LogP contribution in [0.1, 0.15) is 49.9 Å². The molecule has 1 heteroatoms. The van der Waals surface area contributed by atoms with Crippen molar-refractivity contribution in [2.75, 3.05) is 0 Å². The molecule has 0 bridgehead atoms. The molecular weight excluding hydrogens is 537 g/mol. The molecule has 0 amide bonds. The first-order valence-electron chi connectivity index (χ1n) is 17.3. The van der Waals surface area contributed by atoms with Crippen LogP contribution >= 0.6 is 11.8 Å². The van der Waals surface area contributed by atoms with Gasteiger partial charge in [0.2, 0.25) is 0 Å². The van der Waals surface area contributed by atoms with Crippen LogP contribution in [0.3, 0.4) is 0 Å². The summed E-state index contributed by atoms with van der Waals surface area (Å²) in [5.41, 5.74) is 13.4. The second kappa shape index (κ2) is 9.86. The second-order valence-corrected chi connectivity index (χ2v) is 13.1. The lowest BCUT2D eigenvalue weighted by Gasteiger charge is -2.35. The van der Waals surface area contributed by atoms with E-state index in [0.717, 1.165) is 54.3 Å². The molecule has 6 aromatic rings. The lowest BCUT2D eigenvalue weighted by atomic mass is 9.75. The Kier molecular flexibility index (Phi) is 4.90. The molecule has 0 unspecified atom stereocenters. The topological polar surface area (TPSA) is 0 Å². The van der Waals surface area contributed by atoms with E-state index >= 15 is 0 Å². The molecule has 6 aromatic carbocycles. The highest BCUT2D eigenvalue weighted by Gasteiger charge is 2.34. The van der Waals surface area contributed by atoms with Gasteiger partial charge in [-0.15, -0.1) is 0 Å². The zero-order valence-electron chi connectivity index (χ0n) is 29.5. The predicted octanol–water partition coefficient (Wildman–Crippen LogP) is 12.0. The van der Waals surface area contributed by atoms with Crippen molar-refractivity contribution in [3.8, 4) is 55.6 Å². The molecule has 1 aliphatic heterocycles. The van der Waals surface area contributed by atoms with Gasteiger partial charge in [-0.2, -0.15) is 0 Å². The third kappa shape index (κ3) is 4.06. The Labute approximate surface area is 266 Å². The van der Waals surface area contributed by atoms with E-state index in [-0.39, 0.29) is 0 Å². The molecule has 208 valence electrons. The van der Waals surface area contributed by atoms with Crippen LogP contribution in [0, 0.1) is 6.85 Å². The van der Waals surface area contributed by atoms with Gasteiger partial charge < -0.3 is 0 Å². The summed E-state index contributed by atoms with van der Waals surface area (Å²) >= 11 is 1.54. The zero-order valence-corrected chi connectivity index (χ0v) is 25.3. The van der Waals surface area contributed by atoms with Gasteiger partial charge >= 0.3 is 0 Å². The standard InChI is InChI=1S/C42H34S/c1-5-27-18-21-38-41(23-27)43-40-22-26(2)36(25-39(40)42(38,3)4)28-19-20-35-33-16-9-8-14-31(33)29-12-6-7-13-30(29)32-15-10-11-17-34(32)37(35)24-28/h6-25H,5H2,1-4H3/i2D3,5D2. The molecular formula is C42H34S. The minimum atomic E-state index is -2.34. The van der Waals surface area contributed by atoms with Gasteiger partial charge in [0.05, 0.1) is 0 Å². The van der Waals surface area contributed by atoms with Gasteiger partial charge in [-0.3, -0.25) is 0 Å². The third-order valence-corrected chi connectivity index (χ3v) is 10.3. The number of aryl methyl sites for hydroxylation is 2. The molecule has 0 nitrogen and oxygen atoms in total. The smallest absolute Gasteiger partial charge is 0.0313 e. The van der Waals surface area contributed by atoms with Crippen molar-refractivity contribution in [3.63, 3.8) is 0 Å². The van der Waals surface area contributed by atoms with Gasteiger partial charge in [0, 0.05) is 22.1 Å². The fraction of sp³-hybridized carbons (Fsp3) is 0.143. The maximum absolute atomic E-state index is 8.66. The summed E-state index contributed by atoms with van der Waals surface area (Å²) in [4.78, 5) is 1.87. The summed E-state index contributed by atoms with van der Waals surface area (Å²) in [6.07, 6.45) is -1.47. The zero-order chi connectivity index (χ0) is 33.6. The number of rotatable bonds is 2. The van der Waals surface area contributed by atoms with Crippen LogP contribution in [0.2, 0.25) is 0 Å². The van der Waals surface area contributed by atoms with Crippen molar-refractivity contribution in [3.05, 3.63) is 144 Å². The molecule has 0 spiro atoms. The van der Waals surface area contributed by atoms with E-state index in [1.165, 1.54) is 28.5 Å². The van der Waals surface area contributed by atoms with E-state index in [0.29, 0.717) is 16.7 Å². The molecule has 0 saturated carbocycles. The molecule has 0 atom stereocenters. The van der Waals surface area contributed by atoms with Gasteiger partial charge in [-0.05, 0) is 115 Å². The summed E-state index contributed by atoms with van der Waals surface area (Å²) in [7, 11) is 0. The van der Waals surface area contributed by atoms with Crippen molar-refractivity contribution in [1.82, 2.24) is 0 Å². The fourth-order valence-corrected chi connectivity index (χ4v) is 8.42. The molecule has 1 heterocycles. The highest BCUT2D eigenvalue weighted by molar-refractivity contribution is 7.99. The van der Waals surface area contributed by atoms with E-state index in [4.69, 9.17) is 6.85 Å². The molecule has 0 radical (unpaired) electrons. The average molecular weight is 576 g/mol. The molecule has 0 N–H and O–H groups in total. The first kappa shape index (κ1) is 21.4. The van der Waals surface area contributed by atoms with Gasteiger partial charge in [0.25, 0.3) is 0 Å². The highest BCUT2D eigenvalue weighted by Crippen LogP contribution is 2.52. The summed E-state index contributed by atoms with van der Waals surface area (Å²) in [5.74, 6) is 0. The molecule has 8 rings (SSSR count).